The Bertz CT molecular complexity index is 180. The molecular weight excluding hydrogens is 166 g/mol. The van der Waals surface area contributed by atoms with Crippen molar-refractivity contribution in [3.63, 3.8) is 0 Å². The van der Waals surface area contributed by atoms with Gasteiger partial charge in [-0.2, -0.15) is 0 Å². The normalized spacial score (nSPS) is 26.7. The predicted molar refractivity (Wildman–Crippen MR) is 51.3 cm³/mol. The molecular formula is C10H19NO2. The lowest BCUT2D eigenvalue weighted by Crippen LogP contribution is -2.38. The molecule has 1 N–H and O–H groups in total. The number of carbonyl (C=O) groups excluding carboxylic acids is 1. The molecule has 1 amide bonds. The molecule has 0 aromatic heterocycles. The first kappa shape index (κ1) is 10.5. The van der Waals surface area contributed by atoms with Crippen molar-refractivity contribution >= 4 is 5.91 Å². The zero-order chi connectivity index (χ0) is 9.84. The Balaban J connectivity index is 2.46. The number of hydrogen-bond acceptors (Lipinski definition) is 2. The summed E-state index contributed by atoms with van der Waals surface area (Å²) in [6.45, 7) is 5.38. The fourth-order valence-electron chi connectivity index (χ4n) is 1.75. The highest BCUT2D eigenvalue weighted by molar-refractivity contribution is 5.80. The number of rotatable bonds is 1. The molecule has 1 aliphatic heterocycles. The van der Waals surface area contributed by atoms with Crippen LogP contribution in [-0.2, 0) is 4.79 Å². The minimum Gasteiger partial charge on any atom is -0.384 e. The number of nitrogens with zero attached hydrogens (tertiary/aromatic N) is 1. The summed E-state index contributed by atoms with van der Waals surface area (Å²) in [7, 11) is 0. The fourth-order valence-corrected chi connectivity index (χ4v) is 1.75. The van der Waals surface area contributed by atoms with Gasteiger partial charge in [0.25, 0.3) is 5.91 Å². The van der Waals surface area contributed by atoms with Gasteiger partial charge in [-0.3, -0.25) is 4.79 Å². The van der Waals surface area contributed by atoms with E-state index in [0.29, 0.717) is 5.92 Å². The van der Waals surface area contributed by atoms with Gasteiger partial charge in [0, 0.05) is 13.1 Å². The van der Waals surface area contributed by atoms with Crippen LogP contribution in [-0.4, -0.2) is 35.1 Å². The van der Waals surface area contributed by atoms with Gasteiger partial charge >= 0.3 is 0 Å². The van der Waals surface area contributed by atoms with E-state index in [0.717, 1.165) is 25.9 Å². The SMILES string of the molecule is CC1CCCN(C(=O)C(C)O)CC1. The maximum atomic E-state index is 11.4. The Morgan fingerprint density at radius 3 is 2.77 bits per heavy atom. The molecule has 1 fully saturated rings. The minimum absolute atomic E-state index is 0.117. The Morgan fingerprint density at radius 2 is 2.15 bits per heavy atom. The lowest BCUT2D eigenvalue weighted by Gasteiger charge is -2.21. The second-order valence-electron chi connectivity index (χ2n) is 4.04. The molecule has 1 saturated heterocycles. The minimum atomic E-state index is -0.839. The first-order valence-corrected chi connectivity index (χ1v) is 5.08. The third kappa shape index (κ3) is 2.99. The maximum absolute atomic E-state index is 11.4. The quantitative estimate of drug-likeness (QED) is 0.662. The molecule has 3 heteroatoms. The van der Waals surface area contributed by atoms with Crippen LogP contribution in [0.2, 0.25) is 0 Å². The van der Waals surface area contributed by atoms with Gasteiger partial charge in [0.15, 0.2) is 0 Å². The predicted octanol–water partition coefficient (Wildman–Crippen LogP) is 1.02. The molecule has 0 bridgehead atoms. The number of likely N-dealkylation sites (tertiary alicyclic amines) is 1. The van der Waals surface area contributed by atoms with E-state index >= 15 is 0 Å². The van der Waals surface area contributed by atoms with Crippen molar-refractivity contribution in [1.82, 2.24) is 4.90 Å². The Labute approximate surface area is 79.7 Å². The molecule has 0 aromatic rings. The summed E-state index contributed by atoms with van der Waals surface area (Å²) in [5.74, 6) is 0.598. The third-order valence-electron chi connectivity index (χ3n) is 2.69. The van der Waals surface area contributed by atoms with Crippen molar-refractivity contribution in [2.24, 2.45) is 5.92 Å². The Kier molecular flexibility index (Phi) is 3.72. The highest BCUT2D eigenvalue weighted by Crippen LogP contribution is 2.16. The first-order valence-electron chi connectivity index (χ1n) is 5.08. The molecule has 0 saturated carbocycles. The summed E-state index contributed by atoms with van der Waals surface area (Å²) in [5.41, 5.74) is 0. The highest BCUT2D eigenvalue weighted by Gasteiger charge is 2.21. The molecule has 0 aromatic carbocycles. The van der Waals surface area contributed by atoms with Crippen LogP contribution >= 0.6 is 0 Å². The summed E-state index contributed by atoms with van der Waals surface area (Å²) in [5, 5.41) is 9.14. The molecule has 0 aliphatic carbocycles. The van der Waals surface area contributed by atoms with Crippen molar-refractivity contribution in [3.8, 4) is 0 Å². The molecule has 2 atom stereocenters. The number of aliphatic hydroxyl groups is 1. The van der Waals surface area contributed by atoms with Gasteiger partial charge in [-0.05, 0) is 32.1 Å². The summed E-state index contributed by atoms with van der Waals surface area (Å²) in [6.07, 6.45) is 2.50. The fraction of sp³-hybridized carbons (Fsp3) is 0.900. The topological polar surface area (TPSA) is 40.5 Å². The smallest absolute Gasteiger partial charge is 0.251 e. The van der Waals surface area contributed by atoms with E-state index in [-0.39, 0.29) is 5.91 Å². The van der Waals surface area contributed by atoms with Crippen LogP contribution in [0.1, 0.15) is 33.1 Å². The summed E-state index contributed by atoms with van der Waals surface area (Å²) in [6, 6.07) is 0. The van der Waals surface area contributed by atoms with Crippen molar-refractivity contribution in [1.29, 1.82) is 0 Å². The zero-order valence-electron chi connectivity index (χ0n) is 8.49. The lowest BCUT2D eigenvalue weighted by molar-refractivity contribution is -0.139. The molecule has 3 nitrogen and oxygen atoms in total. The van der Waals surface area contributed by atoms with Gasteiger partial charge in [0.1, 0.15) is 6.10 Å². The van der Waals surface area contributed by atoms with E-state index in [1.807, 2.05) is 0 Å². The molecule has 0 radical (unpaired) electrons. The second-order valence-corrected chi connectivity index (χ2v) is 4.04. The molecule has 1 heterocycles. The summed E-state index contributed by atoms with van der Waals surface area (Å²) < 4.78 is 0. The Hall–Kier alpha value is -0.570. The van der Waals surface area contributed by atoms with E-state index in [9.17, 15) is 4.79 Å². The summed E-state index contributed by atoms with van der Waals surface area (Å²) >= 11 is 0. The van der Waals surface area contributed by atoms with Crippen molar-refractivity contribution in [3.05, 3.63) is 0 Å². The number of carbonyl (C=O) groups is 1. The molecule has 1 rings (SSSR count). The van der Waals surface area contributed by atoms with Gasteiger partial charge in [0.2, 0.25) is 0 Å². The van der Waals surface area contributed by atoms with E-state index < -0.39 is 6.10 Å². The van der Waals surface area contributed by atoms with Crippen LogP contribution in [0.3, 0.4) is 0 Å². The van der Waals surface area contributed by atoms with E-state index in [4.69, 9.17) is 5.11 Å². The van der Waals surface area contributed by atoms with Gasteiger partial charge < -0.3 is 10.0 Å². The number of aliphatic hydroxyl groups excluding tert-OH is 1. The van der Waals surface area contributed by atoms with E-state index in [2.05, 4.69) is 6.92 Å². The van der Waals surface area contributed by atoms with Crippen LogP contribution in [0.4, 0.5) is 0 Å². The molecule has 0 spiro atoms. The zero-order valence-corrected chi connectivity index (χ0v) is 8.49. The van der Waals surface area contributed by atoms with Crippen LogP contribution in [0.15, 0.2) is 0 Å². The largest absolute Gasteiger partial charge is 0.384 e. The average Bonchev–Trinajstić information content (AvgIpc) is 2.28. The van der Waals surface area contributed by atoms with Crippen LogP contribution in [0, 0.1) is 5.92 Å². The van der Waals surface area contributed by atoms with Crippen LogP contribution < -0.4 is 0 Å². The molecule has 13 heavy (non-hydrogen) atoms. The van der Waals surface area contributed by atoms with Crippen LogP contribution in [0.25, 0.3) is 0 Å². The van der Waals surface area contributed by atoms with Crippen molar-refractivity contribution < 1.29 is 9.90 Å². The molecule has 1 aliphatic rings. The van der Waals surface area contributed by atoms with Crippen molar-refractivity contribution in [2.75, 3.05) is 13.1 Å². The highest BCUT2D eigenvalue weighted by atomic mass is 16.3. The first-order chi connectivity index (χ1) is 6.11. The lowest BCUT2D eigenvalue weighted by atomic mass is 10.0. The van der Waals surface area contributed by atoms with E-state index in [1.165, 1.54) is 13.3 Å². The van der Waals surface area contributed by atoms with Crippen molar-refractivity contribution in [2.45, 2.75) is 39.2 Å². The third-order valence-corrected chi connectivity index (χ3v) is 2.69. The van der Waals surface area contributed by atoms with Gasteiger partial charge in [-0.25, -0.2) is 0 Å². The average molecular weight is 185 g/mol. The second kappa shape index (κ2) is 4.61. The molecule has 76 valence electrons. The van der Waals surface area contributed by atoms with Crippen LogP contribution in [0.5, 0.6) is 0 Å². The summed E-state index contributed by atoms with van der Waals surface area (Å²) in [4.78, 5) is 13.2. The Morgan fingerprint density at radius 1 is 1.46 bits per heavy atom. The molecule has 2 unspecified atom stereocenters. The van der Waals surface area contributed by atoms with E-state index in [1.54, 1.807) is 4.90 Å². The van der Waals surface area contributed by atoms with Gasteiger partial charge in [-0.1, -0.05) is 6.92 Å². The standard InChI is InChI=1S/C10H19NO2/c1-8-4-3-6-11(7-5-8)10(13)9(2)12/h8-9,12H,3-7H2,1-2H3. The maximum Gasteiger partial charge on any atom is 0.251 e. The number of amides is 1. The number of hydrogen-bond donors (Lipinski definition) is 1. The van der Waals surface area contributed by atoms with Gasteiger partial charge in [-0.15, -0.1) is 0 Å². The monoisotopic (exact) mass is 185 g/mol. The van der Waals surface area contributed by atoms with Gasteiger partial charge in [0.05, 0.1) is 0 Å².